The standard InChI is InChI=1S/C26H28O7/c1-24(2)10-8-14-18(32-24)7-6-16(21(14)30-5)26(29)13-31-22-15-9-11-25(3,4)33-19(15)12-17(27)20(22)23(26)28/h6-8,10,12,27,29H,9,11,13H2,1-5H3/t26-/m1/s1. The molecule has 0 spiro atoms. The lowest BCUT2D eigenvalue weighted by Crippen LogP contribution is -2.46. The number of carbonyl (C=O) groups excluding carboxylic acids is 1. The van der Waals surface area contributed by atoms with Crippen LogP contribution in [0.2, 0.25) is 0 Å². The SMILES string of the molecule is COc1c([C@]2(O)COc3c4c(cc(O)c3C2=O)OC(C)(C)CC4)ccc2c1C=CC(C)(C)O2. The summed E-state index contributed by atoms with van der Waals surface area (Å²) in [6.07, 6.45) is 5.12. The lowest BCUT2D eigenvalue weighted by molar-refractivity contribution is -0.00777. The second-order valence-corrected chi connectivity index (χ2v) is 10.0. The Hall–Kier alpha value is -3.19. The average Bonchev–Trinajstić information content (AvgIpc) is 2.73. The van der Waals surface area contributed by atoms with E-state index in [1.165, 1.54) is 13.2 Å². The lowest BCUT2D eigenvalue weighted by atomic mass is 9.80. The molecule has 7 heteroatoms. The van der Waals surface area contributed by atoms with Crippen LogP contribution in [-0.4, -0.2) is 40.9 Å². The van der Waals surface area contributed by atoms with Crippen LogP contribution < -0.4 is 18.9 Å². The Balaban J connectivity index is 1.62. The number of methoxy groups -OCH3 is 1. The van der Waals surface area contributed by atoms with E-state index in [2.05, 4.69) is 0 Å². The molecule has 0 aliphatic carbocycles. The van der Waals surface area contributed by atoms with Gasteiger partial charge < -0.3 is 29.2 Å². The largest absolute Gasteiger partial charge is 0.507 e. The molecule has 3 aliphatic rings. The van der Waals surface area contributed by atoms with Crippen molar-refractivity contribution in [2.75, 3.05) is 13.7 Å². The molecule has 0 saturated carbocycles. The van der Waals surface area contributed by atoms with Crippen molar-refractivity contribution in [3.05, 3.63) is 46.5 Å². The van der Waals surface area contributed by atoms with Crippen molar-refractivity contribution in [3.8, 4) is 28.7 Å². The van der Waals surface area contributed by atoms with Gasteiger partial charge in [-0.2, -0.15) is 0 Å². The second-order valence-electron chi connectivity index (χ2n) is 10.0. The van der Waals surface area contributed by atoms with Crippen LogP contribution >= 0.6 is 0 Å². The number of Topliss-reactive ketones (excluding diaryl/α,β-unsaturated/α-hetero) is 1. The van der Waals surface area contributed by atoms with Crippen LogP contribution in [0.15, 0.2) is 24.3 Å². The van der Waals surface area contributed by atoms with Gasteiger partial charge >= 0.3 is 0 Å². The van der Waals surface area contributed by atoms with Gasteiger partial charge in [-0.15, -0.1) is 0 Å². The van der Waals surface area contributed by atoms with Crippen molar-refractivity contribution in [1.82, 2.24) is 0 Å². The first-order valence-corrected chi connectivity index (χ1v) is 11.0. The van der Waals surface area contributed by atoms with Gasteiger partial charge in [-0.1, -0.05) is 0 Å². The van der Waals surface area contributed by atoms with E-state index in [-0.39, 0.29) is 34.8 Å². The average molecular weight is 453 g/mol. The maximum atomic E-state index is 13.7. The lowest BCUT2D eigenvalue weighted by Gasteiger charge is -2.38. The number of ether oxygens (including phenoxy) is 4. The van der Waals surface area contributed by atoms with Crippen LogP contribution in [0, 0.1) is 0 Å². The number of ketones is 1. The maximum absolute atomic E-state index is 13.7. The molecule has 0 saturated heterocycles. The third-order valence-electron chi connectivity index (χ3n) is 6.54. The molecule has 174 valence electrons. The molecule has 0 fully saturated rings. The molecule has 3 heterocycles. The summed E-state index contributed by atoms with van der Waals surface area (Å²) in [6, 6.07) is 4.76. The van der Waals surface area contributed by atoms with Crippen LogP contribution in [0.1, 0.15) is 61.2 Å². The summed E-state index contributed by atoms with van der Waals surface area (Å²) < 4.78 is 23.6. The minimum absolute atomic E-state index is 0.0431. The smallest absolute Gasteiger partial charge is 0.210 e. The molecule has 33 heavy (non-hydrogen) atoms. The molecule has 0 aromatic heterocycles. The fraction of sp³-hybridized carbons (Fsp3) is 0.423. The van der Waals surface area contributed by atoms with Gasteiger partial charge in [-0.05, 0) is 64.8 Å². The topological polar surface area (TPSA) is 94.5 Å². The third kappa shape index (κ3) is 3.25. The van der Waals surface area contributed by atoms with E-state index in [0.29, 0.717) is 29.2 Å². The predicted octanol–water partition coefficient (Wildman–Crippen LogP) is 4.15. The summed E-state index contributed by atoms with van der Waals surface area (Å²) in [5, 5.41) is 22.4. The van der Waals surface area contributed by atoms with Gasteiger partial charge in [0.15, 0.2) is 5.60 Å². The van der Waals surface area contributed by atoms with Crippen LogP contribution in [-0.2, 0) is 12.0 Å². The molecule has 7 nitrogen and oxygen atoms in total. The number of phenols is 1. The number of hydrogen-bond donors (Lipinski definition) is 2. The van der Waals surface area contributed by atoms with Crippen LogP contribution in [0.25, 0.3) is 6.08 Å². The Morgan fingerprint density at radius 1 is 1.09 bits per heavy atom. The molecule has 0 radical (unpaired) electrons. The molecule has 5 rings (SSSR count). The normalized spacial score (nSPS) is 23.9. The molecule has 1 atom stereocenters. The van der Waals surface area contributed by atoms with E-state index in [1.54, 1.807) is 12.1 Å². The first-order valence-electron chi connectivity index (χ1n) is 11.0. The van der Waals surface area contributed by atoms with E-state index in [4.69, 9.17) is 18.9 Å². The quantitative estimate of drug-likeness (QED) is 0.707. The monoisotopic (exact) mass is 452 g/mol. The Morgan fingerprint density at radius 3 is 2.58 bits per heavy atom. The fourth-order valence-corrected chi connectivity index (χ4v) is 4.77. The van der Waals surface area contributed by atoms with Crippen LogP contribution in [0.4, 0.5) is 0 Å². The highest BCUT2D eigenvalue weighted by Gasteiger charge is 2.49. The van der Waals surface area contributed by atoms with Crippen molar-refractivity contribution in [2.24, 2.45) is 0 Å². The zero-order valence-corrected chi connectivity index (χ0v) is 19.4. The van der Waals surface area contributed by atoms with E-state index < -0.39 is 17.0 Å². The van der Waals surface area contributed by atoms with Gasteiger partial charge in [0, 0.05) is 17.2 Å². The van der Waals surface area contributed by atoms with Crippen LogP contribution in [0.5, 0.6) is 28.7 Å². The zero-order chi connectivity index (χ0) is 23.8. The molecule has 3 aliphatic heterocycles. The second kappa shape index (κ2) is 6.90. The molecular weight excluding hydrogens is 424 g/mol. The summed E-state index contributed by atoms with van der Waals surface area (Å²) in [6.45, 7) is 7.50. The van der Waals surface area contributed by atoms with Gasteiger partial charge in [0.1, 0.15) is 52.1 Å². The summed E-state index contributed by atoms with van der Waals surface area (Å²) >= 11 is 0. The molecule has 0 amide bonds. The molecular formula is C26H28O7. The molecule has 2 N–H and O–H groups in total. The molecule has 2 aromatic carbocycles. The van der Waals surface area contributed by atoms with E-state index in [1.807, 2.05) is 39.8 Å². The van der Waals surface area contributed by atoms with E-state index in [9.17, 15) is 15.0 Å². The Bertz CT molecular complexity index is 1210. The Morgan fingerprint density at radius 2 is 1.85 bits per heavy atom. The summed E-state index contributed by atoms with van der Waals surface area (Å²) in [7, 11) is 1.48. The first kappa shape index (κ1) is 21.6. The van der Waals surface area contributed by atoms with Gasteiger partial charge in [-0.25, -0.2) is 0 Å². The number of aromatic hydroxyl groups is 1. The van der Waals surface area contributed by atoms with Crippen molar-refractivity contribution < 1.29 is 34.0 Å². The molecule has 0 bridgehead atoms. The number of fused-ring (bicyclic) bond motifs is 4. The third-order valence-corrected chi connectivity index (χ3v) is 6.54. The van der Waals surface area contributed by atoms with Crippen molar-refractivity contribution in [1.29, 1.82) is 0 Å². The number of benzene rings is 2. The minimum atomic E-state index is -2.05. The van der Waals surface area contributed by atoms with Gasteiger partial charge in [0.25, 0.3) is 0 Å². The summed E-state index contributed by atoms with van der Waals surface area (Å²) in [4.78, 5) is 13.7. The van der Waals surface area contributed by atoms with Gasteiger partial charge in [0.05, 0.1) is 12.7 Å². The highest BCUT2D eigenvalue weighted by molar-refractivity contribution is 6.09. The zero-order valence-electron chi connectivity index (χ0n) is 19.4. The van der Waals surface area contributed by atoms with Gasteiger partial charge in [-0.3, -0.25) is 4.79 Å². The van der Waals surface area contributed by atoms with E-state index in [0.717, 1.165) is 12.0 Å². The summed E-state index contributed by atoms with van der Waals surface area (Å²) in [5.41, 5.74) is -1.34. The van der Waals surface area contributed by atoms with Crippen LogP contribution in [0.3, 0.4) is 0 Å². The summed E-state index contributed by atoms with van der Waals surface area (Å²) in [5.74, 6) is 0.756. The highest BCUT2D eigenvalue weighted by atomic mass is 16.5. The van der Waals surface area contributed by atoms with Crippen molar-refractivity contribution >= 4 is 11.9 Å². The number of phenolic OH excluding ortho intramolecular Hbond substituents is 1. The Labute approximate surface area is 192 Å². The maximum Gasteiger partial charge on any atom is 0.210 e. The first-order chi connectivity index (χ1) is 15.5. The minimum Gasteiger partial charge on any atom is -0.507 e. The van der Waals surface area contributed by atoms with Gasteiger partial charge in [0.2, 0.25) is 5.78 Å². The van der Waals surface area contributed by atoms with E-state index >= 15 is 0 Å². The highest BCUT2D eigenvalue weighted by Crippen LogP contribution is 2.51. The number of aliphatic hydroxyl groups is 1. The number of hydrogen-bond acceptors (Lipinski definition) is 7. The fourth-order valence-electron chi connectivity index (χ4n) is 4.77. The predicted molar refractivity (Wildman–Crippen MR) is 122 cm³/mol. The Kier molecular flexibility index (Phi) is 4.53. The van der Waals surface area contributed by atoms with Crippen molar-refractivity contribution in [2.45, 2.75) is 57.3 Å². The number of carbonyl (C=O) groups is 1. The van der Waals surface area contributed by atoms with Crippen molar-refractivity contribution in [3.63, 3.8) is 0 Å². The molecule has 2 aromatic rings. The number of rotatable bonds is 2. The molecule has 0 unspecified atom stereocenters.